The third kappa shape index (κ3) is 2.29. The lowest BCUT2D eigenvalue weighted by atomic mass is 10.2. The molecule has 1 aromatic carbocycles. The van der Waals surface area contributed by atoms with E-state index in [-0.39, 0.29) is 0 Å². The van der Waals surface area contributed by atoms with Gasteiger partial charge in [0, 0.05) is 11.8 Å². The third-order valence-corrected chi connectivity index (χ3v) is 3.32. The zero-order valence-electron chi connectivity index (χ0n) is 8.23. The summed E-state index contributed by atoms with van der Waals surface area (Å²) in [6.07, 6.45) is 0. The molecule has 0 amide bonds. The van der Waals surface area contributed by atoms with Crippen LogP contribution >= 0.6 is 11.8 Å². The Morgan fingerprint density at radius 2 is 2.14 bits per heavy atom. The van der Waals surface area contributed by atoms with E-state index >= 15 is 0 Å². The Morgan fingerprint density at radius 3 is 2.79 bits per heavy atom. The Hall–Kier alpha value is -0.960. The molecule has 2 nitrogen and oxygen atoms in total. The molecule has 14 heavy (non-hydrogen) atoms. The molecular formula is C11H14N2S. The molecule has 74 valence electrons. The van der Waals surface area contributed by atoms with E-state index in [1.807, 2.05) is 6.07 Å². The maximum atomic E-state index is 4.37. The van der Waals surface area contributed by atoms with Crippen molar-refractivity contribution in [3.8, 4) is 0 Å². The van der Waals surface area contributed by atoms with Crippen molar-refractivity contribution >= 4 is 16.9 Å². The number of amidine groups is 1. The van der Waals surface area contributed by atoms with E-state index in [0.717, 1.165) is 18.3 Å². The topological polar surface area (TPSA) is 24.4 Å². The van der Waals surface area contributed by atoms with Gasteiger partial charge >= 0.3 is 0 Å². The molecule has 0 fully saturated rings. The van der Waals surface area contributed by atoms with Crippen molar-refractivity contribution in [3.63, 3.8) is 0 Å². The van der Waals surface area contributed by atoms with Crippen LogP contribution in [-0.2, 0) is 0 Å². The van der Waals surface area contributed by atoms with Crippen LogP contribution < -0.4 is 5.32 Å². The number of hydrogen-bond acceptors (Lipinski definition) is 3. The van der Waals surface area contributed by atoms with Crippen LogP contribution in [-0.4, -0.2) is 18.3 Å². The number of rotatable bonds is 2. The monoisotopic (exact) mass is 206 g/mol. The fourth-order valence-electron chi connectivity index (χ4n) is 1.41. The smallest absolute Gasteiger partial charge is 0.157 e. The Balaban J connectivity index is 1.99. The molecule has 2 rings (SSSR count). The Bertz CT molecular complexity index is 321. The molecule has 1 heterocycles. The van der Waals surface area contributed by atoms with Crippen LogP contribution in [0.3, 0.4) is 0 Å². The summed E-state index contributed by atoms with van der Waals surface area (Å²) in [5, 5.41) is 4.83. The normalized spacial score (nSPS) is 17.4. The second-order valence-corrected chi connectivity index (χ2v) is 4.61. The SMILES string of the molecule is CC(SC1=NCCN1)c1ccccc1. The highest BCUT2D eigenvalue weighted by molar-refractivity contribution is 8.14. The van der Waals surface area contributed by atoms with Crippen molar-refractivity contribution in [1.82, 2.24) is 5.32 Å². The van der Waals surface area contributed by atoms with Gasteiger partial charge in [-0.3, -0.25) is 4.99 Å². The van der Waals surface area contributed by atoms with E-state index < -0.39 is 0 Å². The van der Waals surface area contributed by atoms with Crippen LogP contribution in [0.4, 0.5) is 0 Å². The predicted octanol–water partition coefficient (Wildman–Crippen LogP) is 2.44. The van der Waals surface area contributed by atoms with Gasteiger partial charge in [0.05, 0.1) is 6.54 Å². The summed E-state index contributed by atoms with van der Waals surface area (Å²) in [4.78, 5) is 4.37. The molecule has 0 aliphatic carbocycles. The van der Waals surface area contributed by atoms with Gasteiger partial charge in [0.25, 0.3) is 0 Å². The first kappa shape index (κ1) is 9.59. The van der Waals surface area contributed by atoms with Crippen molar-refractivity contribution < 1.29 is 0 Å². The largest absolute Gasteiger partial charge is 0.363 e. The van der Waals surface area contributed by atoms with Crippen LogP contribution in [0, 0.1) is 0 Å². The summed E-state index contributed by atoms with van der Waals surface area (Å²) >= 11 is 1.80. The van der Waals surface area contributed by atoms with Gasteiger partial charge in [-0.25, -0.2) is 0 Å². The first-order valence-corrected chi connectivity index (χ1v) is 5.74. The van der Waals surface area contributed by atoms with Gasteiger partial charge in [-0.05, 0) is 12.5 Å². The minimum Gasteiger partial charge on any atom is -0.363 e. The Labute approximate surface area is 88.8 Å². The predicted molar refractivity (Wildman–Crippen MR) is 62.8 cm³/mol. The summed E-state index contributed by atoms with van der Waals surface area (Å²) in [5.41, 5.74) is 1.36. The molecule has 0 spiro atoms. The molecule has 0 radical (unpaired) electrons. The van der Waals surface area contributed by atoms with Crippen LogP contribution in [0.5, 0.6) is 0 Å². The van der Waals surface area contributed by atoms with Gasteiger partial charge < -0.3 is 5.32 Å². The van der Waals surface area contributed by atoms with E-state index in [0.29, 0.717) is 5.25 Å². The summed E-state index contributed by atoms with van der Waals surface area (Å²) in [6.45, 7) is 4.12. The quantitative estimate of drug-likeness (QED) is 0.803. The Kier molecular flexibility index (Phi) is 3.09. The minimum atomic E-state index is 0.473. The number of thioether (sulfide) groups is 1. The van der Waals surface area contributed by atoms with Gasteiger partial charge in [-0.15, -0.1) is 0 Å². The van der Waals surface area contributed by atoms with Crippen LogP contribution in [0.15, 0.2) is 35.3 Å². The van der Waals surface area contributed by atoms with Gasteiger partial charge in [0.1, 0.15) is 0 Å². The number of hydrogen-bond donors (Lipinski definition) is 1. The van der Waals surface area contributed by atoms with Crippen molar-refractivity contribution in [2.24, 2.45) is 4.99 Å². The van der Waals surface area contributed by atoms with Crippen molar-refractivity contribution in [3.05, 3.63) is 35.9 Å². The zero-order chi connectivity index (χ0) is 9.80. The van der Waals surface area contributed by atoms with E-state index in [4.69, 9.17) is 0 Å². The van der Waals surface area contributed by atoms with Crippen LogP contribution in [0.25, 0.3) is 0 Å². The molecule has 3 heteroatoms. The van der Waals surface area contributed by atoms with Gasteiger partial charge in [0.15, 0.2) is 5.17 Å². The molecule has 1 atom stereocenters. The average molecular weight is 206 g/mol. The first-order valence-electron chi connectivity index (χ1n) is 4.86. The number of aliphatic imine (C=N–C) groups is 1. The average Bonchev–Trinajstić information content (AvgIpc) is 2.72. The maximum Gasteiger partial charge on any atom is 0.157 e. The summed E-state index contributed by atoms with van der Waals surface area (Å²) in [7, 11) is 0. The number of nitrogens with zero attached hydrogens (tertiary/aromatic N) is 1. The minimum absolute atomic E-state index is 0.473. The lowest BCUT2D eigenvalue weighted by Gasteiger charge is -2.10. The van der Waals surface area contributed by atoms with E-state index in [9.17, 15) is 0 Å². The molecule has 0 saturated heterocycles. The van der Waals surface area contributed by atoms with Gasteiger partial charge in [-0.1, -0.05) is 42.1 Å². The van der Waals surface area contributed by atoms with Crippen LogP contribution in [0.2, 0.25) is 0 Å². The molecule has 0 bridgehead atoms. The second-order valence-electron chi connectivity index (χ2n) is 3.28. The van der Waals surface area contributed by atoms with Crippen molar-refractivity contribution in [2.75, 3.05) is 13.1 Å². The first-order chi connectivity index (χ1) is 6.86. The molecule has 0 aromatic heterocycles. The summed E-state index contributed by atoms with van der Waals surface area (Å²) in [5.74, 6) is 0. The van der Waals surface area contributed by atoms with Gasteiger partial charge in [-0.2, -0.15) is 0 Å². The number of benzene rings is 1. The van der Waals surface area contributed by atoms with E-state index in [1.54, 1.807) is 11.8 Å². The molecule has 0 saturated carbocycles. The Morgan fingerprint density at radius 1 is 1.36 bits per heavy atom. The maximum absolute atomic E-state index is 4.37. The third-order valence-electron chi connectivity index (χ3n) is 2.20. The number of nitrogens with one attached hydrogen (secondary N) is 1. The summed E-state index contributed by atoms with van der Waals surface area (Å²) in [6, 6.07) is 10.5. The molecule has 1 N–H and O–H groups in total. The lowest BCUT2D eigenvalue weighted by Crippen LogP contribution is -2.15. The molecule has 1 aliphatic heterocycles. The highest BCUT2D eigenvalue weighted by Crippen LogP contribution is 2.28. The fourth-order valence-corrected chi connectivity index (χ4v) is 2.39. The standard InChI is InChI=1S/C11H14N2S/c1-9(10-5-3-2-4-6-10)14-11-12-7-8-13-11/h2-6,9H,7-8H2,1H3,(H,12,13). The molecule has 1 aromatic rings. The molecule has 1 aliphatic rings. The van der Waals surface area contributed by atoms with Crippen LogP contribution in [0.1, 0.15) is 17.7 Å². The van der Waals surface area contributed by atoms with Crippen molar-refractivity contribution in [2.45, 2.75) is 12.2 Å². The molecular weight excluding hydrogens is 192 g/mol. The summed E-state index contributed by atoms with van der Waals surface area (Å²) < 4.78 is 0. The highest BCUT2D eigenvalue weighted by atomic mass is 32.2. The second kappa shape index (κ2) is 4.51. The zero-order valence-corrected chi connectivity index (χ0v) is 9.05. The van der Waals surface area contributed by atoms with Gasteiger partial charge in [0.2, 0.25) is 0 Å². The molecule has 1 unspecified atom stereocenters. The fraction of sp³-hybridized carbons (Fsp3) is 0.364. The van der Waals surface area contributed by atoms with E-state index in [2.05, 4.69) is 41.5 Å². The highest BCUT2D eigenvalue weighted by Gasteiger charge is 2.11. The van der Waals surface area contributed by atoms with E-state index in [1.165, 1.54) is 5.56 Å². The van der Waals surface area contributed by atoms with Crippen molar-refractivity contribution in [1.29, 1.82) is 0 Å². The lowest BCUT2D eigenvalue weighted by molar-refractivity contribution is 0.963.